The summed E-state index contributed by atoms with van der Waals surface area (Å²) in [4.78, 5) is 0. The molecular formula is C16H19NO. The van der Waals surface area contributed by atoms with Crippen molar-refractivity contribution in [2.24, 2.45) is 5.73 Å². The highest BCUT2D eigenvalue weighted by molar-refractivity contribution is 5.40. The smallest absolute Gasteiger partial charge is 0.130 e. The van der Waals surface area contributed by atoms with Crippen LogP contribution in [0.3, 0.4) is 0 Å². The summed E-state index contributed by atoms with van der Waals surface area (Å²) in [7, 11) is 0. The van der Waals surface area contributed by atoms with E-state index in [0.29, 0.717) is 6.54 Å². The number of rotatable bonds is 4. The average molecular weight is 241 g/mol. The number of nitrogens with two attached hydrogens (primary N) is 1. The maximum absolute atomic E-state index is 5.94. The lowest BCUT2D eigenvalue weighted by Gasteiger charge is -2.10. The fourth-order valence-corrected chi connectivity index (χ4v) is 1.88. The van der Waals surface area contributed by atoms with Gasteiger partial charge in [0.05, 0.1) is 0 Å². The minimum atomic E-state index is 0.660. The fourth-order valence-electron chi connectivity index (χ4n) is 1.88. The van der Waals surface area contributed by atoms with Gasteiger partial charge in [0.25, 0.3) is 0 Å². The topological polar surface area (TPSA) is 35.2 Å². The van der Waals surface area contributed by atoms with E-state index in [-0.39, 0.29) is 0 Å². The molecule has 2 nitrogen and oxygen atoms in total. The zero-order valence-electron chi connectivity index (χ0n) is 10.9. The summed E-state index contributed by atoms with van der Waals surface area (Å²) in [5.74, 6) is 1.79. The molecule has 0 aliphatic rings. The van der Waals surface area contributed by atoms with Gasteiger partial charge >= 0.3 is 0 Å². The van der Waals surface area contributed by atoms with E-state index < -0.39 is 0 Å². The van der Waals surface area contributed by atoms with Gasteiger partial charge < -0.3 is 10.5 Å². The van der Waals surface area contributed by atoms with E-state index in [4.69, 9.17) is 10.5 Å². The molecule has 0 saturated heterocycles. The second-order valence-corrected chi connectivity index (χ2v) is 4.56. The van der Waals surface area contributed by atoms with Crippen molar-refractivity contribution in [1.29, 1.82) is 0 Å². The van der Waals surface area contributed by atoms with E-state index in [2.05, 4.69) is 44.2 Å². The van der Waals surface area contributed by atoms with E-state index in [1.54, 1.807) is 0 Å². The van der Waals surface area contributed by atoms with Crippen molar-refractivity contribution in [2.75, 3.05) is 6.54 Å². The quantitative estimate of drug-likeness (QED) is 0.887. The predicted octanol–water partition coefficient (Wildman–Crippen LogP) is 3.60. The summed E-state index contributed by atoms with van der Waals surface area (Å²) in [5.41, 5.74) is 9.12. The van der Waals surface area contributed by atoms with E-state index in [1.165, 1.54) is 11.1 Å². The lowest BCUT2D eigenvalue weighted by molar-refractivity contribution is 0.478. The second-order valence-electron chi connectivity index (χ2n) is 4.56. The summed E-state index contributed by atoms with van der Waals surface area (Å²) in [6, 6.07) is 14.3. The molecule has 0 amide bonds. The van der Waals surface area contributed by atoms with Crippen LogP contribution in [-0.4, -0.2) is 6.54 Å². The van der Waals surface area contributed by atoms with Gasteiger partial charge in [-0.1, -0.05) is 24.3 Å². The summed E-state index contributed by atoms with van der Waals surface area (Å²) >= 11 is 0. The van der Waals surface area contributed by atoms with E-state index >= 15 is 0 Å². The third-order valence-corrected chi connectivity index (χ3v) is 2.90. The normalized spacial score (nSPS) is 10.4. The lowest BCUT2D eigenvalue weighted by Crippen LogP contribution is -2.02. The van der Waals surface area contributed by atoms with E-state index in [9.17, 15) is 0 Å². The lowest BCUT2D eigenvalue weighted by atomic mass is 10.1. The van der Waals surface area contributed by atoms with Crippen molar-refractivity contribution in [2.45, 2.75) is 20.3 Å². The summed E-state index contributed by atoms with van der Waals surface area (Å²) < 4.78 is 5.94. The van der Waals surface area contributed by atoms with Gasteiger partial charge in [-0.3, -0.25) is 0 Å². The first-order valence-corrected chi connectivity index (χ1v) is 6.23. The van der Waals surface area contributed by atoms with Gasteiger partial charge in [0, 0.05) is 0 Å². The second kappa shape index (κ2) is 5.69. The van der Waals surface area contributed by atoms with Gasteiger partial charge in [-0.2, -0.15) is 0 Å². The first kappa shape index (κ1) is 12.7. The molecule has 0 atom stereocenters. The van der Waals surface area contributed by atoms with Gasteiger partial charge in [0.2, 0.25) is 0 Å². The van der Waals surface area contributed by atoms with Gasteiger partial charge in [0.1, 0.15) is 11.5 Å². The van der Waals surface area contributed by atoms with Gasteiger partial charge in [-0.05, 0) is 61.7 Å². The van der Waals surface area contributed by atoms with Crippen LogP contribution in [0.1, 0.15) is 16.7 Å². The maximum Gasteiger partial charge on any atom is 0.130 e. The van der Waals surface area contributed by atoms with Crippen LogP contribution in [0.2, 0.25) is 0 Å². The molecule has 0 radical (unpaired) electrons. The number of hydrogen-bond donors (Lipinski definition) is 1. The van der Waals surface area contributed by atoms with Gasteiger partial charge in [-0.25, -0.2) is 0 Å². The molecule has 18 heavy (non-hydrogen) atoms. The van der Waals surface area contributed by atoms with Crippen molar-refractivity contribution in [3.63, 3.8) is 0 Å². The van der Waals surface area contributed by atoms with Crippen molar-refractivity contribution < 1.29 is 4.74 Å². The molecule has 0 aromatic heterocycles. The van der Waals surface area contributed by atoms with Gasteiger partial charge in [0.15, 0.2) is 0 Å². The number of aryl methyl sites for hydroxylation is 2. The molecular weight excluding hydrogens is 222 g/mol. The highest BCUT2D eigenvalue weighted by atomic mass is 16.5. The Morgan fingerprint density at radius 2 is 1.89 bits per heavy atom. The molecule has 0 fully saturated rings. The van der Waals surface area contributed by atoms with E-state index in [1.807, 2.05) is 12.1 Å². The van der Waals surface area contributed by atoms with Crippen molar-refractivity contribution in [3.05, 3.63) is 59.2 Å². The molecule has 94 valence electrons. The largest absolute Gasteiger partial charge is 0.457 e. The molecule has 2 N–H and O–H groups in total. The Hall–Kier alpha value is -1.80. The molecule has 2 rings (SSSR count). The monoisotopic (exact) mass is 241 g/mol. The van der Waals surface area contributed by atoms with Crippen LogP contribution in [0, 0.1) is 13.8 Å². The highest BCUT2D eigenvalue weighted by Crippen LogP contribution is 2.26. The average Bonchev–Trinajstić information content (AvgIpc) is 2.35. The molecule has 0 bridgehead atoms. The highest BCUT2D eigenvalue weighted by Gasteiger charge is 2.02. The minimum absolute atomic E-state index is 0.660. The Balaban J connectivity index is 2.22. The van der Waals surface area contributed by atoms with Gasteiger partial charge in [-0.15, -0.1) is 0 Å². The Bertz CT molecular complexity index is 534. The van der Waals surface area contributed by atoms with Crippen LogP contribution in [0.25, 0.3) is 0 Å². The van der Waals surface area contributed by atoms with Crippen molar-refractivity contribution in [1.82, 2.24) is 0 Å². The zero-order valence-corrected chi connectivity index (χ0v) is 10.9. The number of hydrogen-bond acceptors (Lipinski definition) is 2. The maximum atomic E-state index is 5.94. The summed E-state index contributed by atoms with van der Waals surface area (Å²) in [5, 5.41) is 0. The van der Waals surface area contributed by atoms with Crippen LogP contribution in [-0.2, 0) is 6.42 Å². The predicted molar refractivity (Wildman–Crippen MR) is 75.2 cm³/mol. The van der Waals surface area contributed by atoms with Crippen molar-refractivity contribution >= 4 is 0 Å². The van der Waals surface area contributed by atoms with Crippen molar-refractivity contribution in [3.8, 4) is 11.5 Å². The Kier molecular flexibility index (Phi) is 4.00. The Morgan fingerprint density at radius 1 is 1.06 bits per heavy atom. The van der Waals surface area contributed by atoms with Crippen LogP contribution in [0.15, 0.2) is 42.5 Å². The molecule has 0 unspecified atom stereocenters. The van der Waals surface area contributed by atoms with E-state index in [0.717, 1.165) is 23.5 Å². The molecule has 2 heteroatoms. The Morgan fingerprint density at radius 3 is 2.67 bits per heavy atom. The zero-order chi connectivity index (χ0) is 13.0. The third-order valence-electron chi connectivity index (χ3n) is 2.90. The molecule has 0 spiro atoms. The number of benzene rings is 2. The SMILES string of the molecule is Cc1ccc(C)c(Oc2cccc(CCN)c2)c1. The first-order valence-electron chi connectivity index (χ1n) is 6.23. The first-order chi connectivity index (χ1) is 8.69. The van der Waals surface area contributed by atoms with Crippen LogP contribution >= 0.6 is 0 Å². The number of ether oxygens (including phenoxy) is 1. The minimum Gasteiger partial charge on any atom is -0.457 e. The van der Waals surface area contributed by atoms with Crippen LogP contribution in [0.4, 0.5) is 0 Å². The third kappa shape index (κ3) is 3.11. The molecule has 2 aromatic rings. The summed E-state index contributed by atoms with van der Waals surface area (Å²) in [6.07, 6.45) is 0.879. The molecule has 0 saturated carbocycles. The molecule has 0 aliphatic heterocycles. The Labute approximate surface area is 108 Å². The van der Waals surface area contributed by atoms with Crippen LogP contribution < -0.4 is 10.5 Å². The molecule has 0 aliphatic carbocycles. The molecule has 2 aromatic carbocycles. The standard InChI is InChI=1S/C16H19NO/c1-12-6-7-13(2)16(10-12)18-15-5-3-4-14(11-15)8-9-17/h3-7,10-11H,8-9,17H2,1-2H3. The van der Waals surface area contributed by atoms with Crippen LogP contribution in [0.5, 0.6) is 11.5 Å². The summed E-state index contributed by atoms with van der Waals surface area (Å²) in [6.45, 7) is 4.78. The molecule has 0 heterocycles. The fraction of sp³-hybridized carbons (Fsp3) is 0.250.